The predicted molar refractivity (Wildman–Crippen MR) is 235 cm³/mol. The summed E-state index contributed by atoms with van der Waals surface area (Å²) < 4.78 is 8.59. The molecule has 0 saturated heterocycles. The molecule has 2 atom stereocenters. The molecule has 0 radical (unpaired) electrons. The van der Waals surface area contributed by atoms with Crippen molar-refractivity contribution in [2.75, 3.05) is 18.6 Å². The van der Waals surface area contributed by atoms with E-state index in [-0.39, 0.29) is 16.4 Å². The molecule has 0 N–H and O–H groups in total. The van der Waals surface area contributed by atoms with Gasteiger partial charge in [0.05, 0.1) is 11.3 Å². The highest BCUT2D eigenvalue weighted by Gasteiger charge is 2.42. The minimum atomic E-state index is -1.29. The SMILES string of the molecule is Cc1ccc2c(c1)c1c(n2C)-c2ccccc2C1S(C)(CCCCCCOC(C)(C)C)Cc1cc(C(C)(C)C)ccc1-c1ccc(C(C)(C)C)cc1C. The molecule has 0 bridgehead atoms. The van der Waals surface area contributed by atoms with E-state index in [2.05, 4.69) is 173 Å². The molecule has 53 heavy (non-hydrogen) atoms. The number of fused-ring (bicyclic) bond motifs is 5. The van der Waals surface area contributed by atoms with E-state index < -0.39 is 10.0 Å². The van der Waals surface area contributed by atoms with E-state index in [9.17, 15) is 0 Å². The van der Waals surface area contributed by atoms with Crippen LogP contribution in [0.15, 0.2) is 78.9 Å². The second-order valence-electron chi connectivity index (χ2n) is 19.3. The van der Waals surface area contributed by atoms with Gasteiger partial charge in [-0.3, -0.25) is 0 Å². The van der Waals surface area contributed by atoms with E-state index >= 15 is 0 Å². The number of rotatable bonds is 11. The van der Waals surface area contributed by atoms with Gasteiger partial charge in [-0.2, -0.15) is 0 Å². The normalized spacial score (nSPS) is 16.4. The Morgan fingerprint density at radius 2 is 1.32 bits per heavy atom. The zero-order valence-corrected chi connectivity index (χ0v) is 36.1. The third-order valence-corrected chi connectivity index (χ3v) is 15.4. The van der Waals surface area contributed by atoms with E-state index in [0.717, 1.165) is 18.8 Å². The number of hydrogen-bond acceptors (Lipinski definition) is 1. The summed E-state index contributed by atoms with van der Waals surface area (Å²) in [4.78, 5) is 0. The fourth-order valence-electron chi connectivity index (χ4n) is 8.63. The molecule has 0 saturated carbocycles. The van der Waals surface area contributed by atoms with Crippen LogP contribution in [0.5, 0.6) is 0 Å². The smallest absolute Gasteiger partial charge is 0.0598 e. The molecular weight excluding hydrogens is 663 g/mol. The van der Waals surface area contributed by atoms with E-state index in [1.165, 1.54) is 91.7 Å². The zero-order chi connectivity index (χ0) is 38.5. The number of nitrogens with zero attached hydrogens (tertiary/aromatic N) is 1. The molecule has 4 aromatic carbocycles. The van der Waals surface area contributed by atoms with Crippen LogP contribution in [0.2, 0.25) is 0 Å². The Balaban J connectivity index is 1.49. The summed E-state index contributed by atoms with van der Waals surface area (Å²) in [7, 11) is 1.00. The lowest BCUT2D eigenvalue weighted by Gasteiger charge is -2.44. The Labute approximate surface area is 324 Å². The lowest BCUT2D eigenvalue weighted by atomic mass is 9.82. The molecule has 1 aliphatic carbocycles. The van der Waals surface area contributed by atoms with Crippen LogP contribution in [0.1, 0.15) is 132 Å². The highest BCUT2D eigenvalue weighted by atomic mass is 32.3. The van der Waals surface area contributed by atoms with Crippen LogP contribution in [0.4, 0.5) is 0 Å². The van der Waals surface area contributed by atoms with Gasteiger partial charge in [0.25, 0.3) is 0 Å². The van der Waals surface area contributed by atoms with Crippen molar-refractivity contribution in [3.8, 4) is 22.4 Å². The van der Waals surface area contributed by atoms with Gasteiger partial charge in [-0.05, 0) is 121 Å². The van der Waals surface area contributed by atoms with Crippen molar-refractivity contribution >= 4 is 20.9 Å². The Morgan fingerprint density at radius 1 is 0.679 bits per heavy atom. The van der Waals surface area contributed by atoms with Crippen LogP contribution in [-0.2, 0) is 28.4 Å². The van der Waals surface area contributed by atoms with Crippen molar-refractivity contribution in [2.45, 2.75) is 129 Å². The maximum Gasteiger partial charge on any atom is 0.0598 e. The van der Waals surface area contributed by atoms with Gasteiger partial charge in [0.15, 0.2) is 0 Å². The maximum absolute atomic E-state index is 6.10. The van der Waals surface area contributed by atoms with Crippen molar-refractivity contribution in [2.24, 2.45) is 7.05 Å². The molecule has 0 aliphatic heterocycles. The summed E-state index contributed by atoms with van der Waals surface area (Å²) in [6, 6.07) is 31.1. The Bertz CT molecular complexity index is 2100. The Kier molecular flexibility index (Phi) is 11.0. The Hall–Kier alpha value is -3.27. The molecule has 1 heterocycles. The minimum Gasteiger partial charge on any atom is -0.376 e. The number of benzene rings is 4. The first-order valence-corrected chi connectivity index (χ1v) is 22.5. The first-order valence-electron chi connectivity index (χ1n) is 20.1. The van der Waals surface area contributed by atoms with Crippen molar-refractivity contribution in [1.29, 1.82) is 0 Å². The third-order valence-electron chi connectivity index (χ3n) is 11.6. The number of aryl methyl sites for hydroxylation is 3. The van der Waals surface area contributed by atoms with Gasteiger partial charge >= 0.3 is 0 Å². The largest absolute Gasteiger partial charge is 0.376 e. The molecule has 1 aliphatic rings. The molecular formula is C50H67NOS. The molecule has 5 aromatic rings. The summed E-state index contributed by atoms with van der Waals surface area (Å²) in [6.07, 6.45) is 7.55. The fourth-order valence-corrected chi connectivity index (χ4v) is 12.6. The van der Waals surface area contributed by atoms with Crippen LogP contribution in [0, 0.1) is 13.8 Å². The minimum absolute atomic E-state index is 0.0690. The molecule has 0 fully saturated rings. The molecule has 0 spiro atoms. The molecule has 3 heteroatoms. The van der Waals surface area contributed by atoms with E-state index in [1.807, 2.05) is 0 Å². The topological polar surface area (TPSA) is 14.2 Å². The van der Waals surface area contributed by atoms with Crippen LogP contribution in [0.25, 0.3) is 33.3 Å². The van der Waals surface area contributed by atoms with Crippen molar-refractivity contribution in [3.63, 3.8) is 0 Å². The number of ether oxygens (including phenoxy) is 1. The highest BCUT2D eigenvalue weighted by Crippen LogP contribution is 2.69. The lowest BCUT2D eigenvalue weighted by molar-refractivity contribution is -0.00471. The average Bonchev–Trinajstić information content (AvgIpc) is 3.55. The van der Waals surface area contributed by atoms with Crippen LogP contribution < -0.4 is 0 Å². The van der Waals surface area contributed by atoms with Crippen LogP contribution in [0.3, 0.4) is 0 Å². The summed E-state index contributed by atoms with van der Waals surface area (Å²) in [5.41, 5.74) is 17.3. The summed E-state index contributed by atoms with van der Waals surface area (Å²) >= 11 is 0. The standard InChI is InChI=1S/C50H67NOS/c1-34-22-27-44-43(30-34)45-46(51(44)12)41-20-16-17-21-42(41)47(45)53(13,29-19-15-14-18-28-52-50(9,10)11)33-36-32-38(49(6,7)8)24-26-40(36)39-25-23-37(31-35(39)2)48(3,4)5/h16-17,20-27,30-32,47H,14-15,18-19,28-29,33H2,1-13H3. The second kappa shape index (κ2) is 14.8. The molecule has 1 aromatic heterocycles. The fraction of sp³-hybridized carbons (Fsp3) is 0.480. The number of aromatic nitrogens is 1. The maximum atomic E-state index is 6.10. The number of hydrogen-bond donors (Lipinski definition) is 0. The van der Waals surface area contributed by atoms with Gasteiger partial charge in [0, 0.05) is 46.7 Å². The average molecular weight is 730 g/mol. The van der Waals surface area contributed by atoms with E-state index in [1.54, 1.807) is 5.56 Å². The van der Waals surface area contributed by atoms with E-state index in [4.69, 9.17) is 4.74 Å². The highest BCUT2D eigenvalue weighted by molar-refractivity contribution is 8.32. The summed E-state index contributed by atoms with van der Waals surface area (Å²) in [6.45, 7) is 25.9. The molecule has 284 valence electrons. The predicted octanol–water partition coefficient (Wildman–Crippen LogP) is 14.1. The molecule has 2 unspecified atom stereocenters. The summed E-state index contributed by atoms with van der Waals surface area (Å²) in [5.74, 6) is 2.34. The lowest BCUT2D eigenvalue weighted by Crippen LogP contribution is -2.19. The van der Waals surface area contributed by atoms with Crippen LogP contribution >= 0.6 is 10.0 Å². The van der Waals surface area contributed by atoms with Gasteiger partial charge in [-0.15, -0.1) is 0 Å². The first-order chi connectivity index (χ1) is 24.8. The quantitative estimate of drug-likeness (QED) is 0.123. The molecule has 6 rings (SSSR count). The molecule has 0 amide bonds. The van der Waals surface area contributed by atoms with Crippen LogP contribution in [-0.4, -0.2) is 28.8 Å². The van der Waals surface area contributed by atoms with Crippen molar-refractivity contribution in [1.82, 2.24) is 4.57 Å². The monoisotopic (exact) mass is 729 g/mol. The second-order valence-corrected chi connectivity index (χ2v) is 23.2. The Morgan fingerprint density at radius 3 is 1.98 bits per heavy atom. The number of unbranched alkanes of at least 4 members (excludes halogenated alkanes) is 3. The van der Waals surface area contributed by atoms with Crippen molar-refractivity contribution in [3.05, 3.63) is 118 Å². The first kappa shape index (κ1) is 39.4. The van der Waals surface area contributed by atoms with Gasteiger partial charge in [0.2, 0.25) is 0 Å². The van der Waals surface area contributed by atoms with Crippen molar-refractivity contribution < 1.29 is 4.74 Å². The van der Waals surface area contributed by atoms with Gasteiger partial charge in [-0.25, -0.2) is 10.0 Å². The third kappa shape index (κ3) is 8.23. The van der Waals surface area contributed by atoms with Gasteiger partial charge in [0.1, 0.15) is 0 Å². The molecule has 2 nitrogen and oxygen atoms in total. The van der Waals surface area contributed by atoms with Gasteiger partial charge in [-0.1, -0.05) is 127 Å². The zero-order valence-electron chi connectivity index (χ0n) is 35.3. The summed E-state index contributed by atoms with van der Waals surface area (Å²) in [5, 5.41) is 1.82. The van der Waals surface area contributed by atoms with E-state index in [0.29, 0.717) is 5.25 Å². The van der Waals surface area contributed by atoms with Gasteiger partial charge < -0.3 is 9.30 Å².